The summed E-state index contributed by atoms with van der Waals surface area (Å²) in [6.07, 6.45) is 0.625. The van der Waals surface area contributed by atoms with Crippen LogP contribution in [0, 0.1) is 11.3 Å². The fraction of sp³-hybridized carbons (Fsp3) is 0.750. The molecule has 8 heavy (non-hydrogen) atoms. The summed E-state index contributed by atoms with van der Waals surface area (Å²) in [5.74, 6) is 0. The Morgan fingerprint density at radius 3 is 1.75 bits per heavy atom. The molecule has 0 bridgehead atoms. The minimum absolute atomic E-state index is 0.625. The van der Waals surface area contributed by atoms with Gasteiger partial charge in [0.25, 0.3) is 0 Å². The Hall–Kier alpha value is 0.287. The summed E-state index contributed by atoms with van der Waals surface area (Å²) in [5.41, 5.74) is 0. The molecule has 0 saturated carbocycles. The van der Waals surface area contributed by atoms with Crippen molar-refractivity contribution in [1.29, 1.82) is 5.26 Å². The van der Waals surface area contributed by atoms with E-state index in [4.69, 9.17) is 27.4 Å². The van der Waals surface area contributed by atoms with Crippen molar-refractivity contribution in [3.63, 3.8) is 0 Å². The molecule has 0 aliphatic heterocycles. The molecule has 0 spiro atoms. The summed E-state index contributed by atoms with van der Waals surface area (Å²) in [4.78, 5) is 0. The Kier molecular flexibility index (Phi) is 14.3. The van der Waals surface area contributed by atoms with E-state index in [2.05, 4.69) is 0 Å². The van der Waals surface area contributed by atoms with Crippen LogP contribution in [0.1, 0.15) is 13.3 Å². The van der Waals surface area contributed by atoms with E-state index in [9.17, 15) is 0 Å². The van der Waals surface area contributed by atoms with Crippen LogP contribution in [0.3, 0.4) is 0 Å². The lowest BCUT2D eigenvalue weighted by atomic mass is 10.6. The maximum absolute atomic E-state index is 7.62. The molecule has 48 valence electrons. The van der Waals surface area contributed by atoms with Crippen LogP contribution in [0.25, 0.3) is 0 Å². The van der Waals surface area contributed by atoms with Gasteiger partial charge >= 0.3 is 0 Å². The largest absolute Gasteiger partial charge is 0.234 e. The number of nitriles is 1. The van der Waals surface area contributed by atoms with E-state index in [1.54, 1.807) is 0 Å². The van der Waals surface area contributed by atoms with Gasteiger partial charge in [0.15, 0.2) is 0 Å². The van der Waals surface area contributed by atoms with Crippen LogP contribution in [0.15, 0.2) is 0 Å². The summed E-state index contributed by atoms with van der Waals surface area (Å²) in [7, 11) is -1.19. The molecule has 0 amide bonds. The van der Waals surface area contributed by atoms with Crippen molar-refractivity contribution >= 4 is 29.6 Å². The minimum atomic E-state index is -1.19. The van der Waals surface area contributed by atoms with E-state index in [1.165, 1.54) is 0 Å². The van der Waals surface area contributed by atoms with Crippen molar-refractivity contribution in [1.82, 2.24) is 0 Å². The van der Waals surface area contributed by atoms with Crippen LogP contribution in [-0.4, -0.2) is 7.42 Å². The van der Waals surface area contributed by atoms with Gasteiger partial charge in [0, 0.05) is 6.42 Å². The summed E-state index contributed by atoms with van der Waals surface area (Å²) in [6.45, 7) is 3.66. The highest BCUT2D eigenvalue weighted by atomic mass is 35.7. The highest BCUT2D eigenvalue weighted by Gasteiger charge is 1.80. The van der Waals surface area contributed by atoms with Gasteiger partial charge in [-0.2, -0.15) is 27.4 Å². The van der Waals surface area contributed by atoms with E-state index in [1.807, 2.05) is 19.5 Å². The van der Waals surface area contributed by atoms with E-state index < -0.39 is 7.42 Å². The minimum Gasteiger partial charge on any atom is -0.198 e. The van der Waals surface area contributed by atoms with Crippen LogP contribution in [-0.2, 0) is 0 Å². The molecule has 0 saturated heterocycles. The molecular weight excluding hydrogens is 161 g/mol. The molecule has 0 atom stereocenters. The lowest BCUT2D eigenvalue weighted by Gasteiger charge is -1.68. The molecule has 1 nitrogen and oxygen atoms in total. The topological polar surface area (TPSA) is 23.8 Å². The van der Waals surface area contributed by atoms with Gasteiger partial charge in [-0.25, -0.2) is 0 Å². The molecule has 0 aromatic carbocycles. The number of rotatable bonds is 0. The van der Waals surface area contributed by atoms with Gasteiger partial charge in [-0.3, -0.25) is 0 Å². The smallest absolute Gasteiger partial charge is 0.198 e. The zero-order valence-corrected chi connectivity index (χ0v) is 7.65. The van der Waals surface area contributed by atoms with Gasteiger partial charge in [0.2, 0.25) is 7.42 Å². The molecule has 4 heteroatoms. The Bertz CT molecular complexity index is 66.2. The average molecular weight is 170 g/mol. The first-order chi connectivity index (χ1) is 3.65. The molecule has 0 radical (unpaired) electrons. The molecule has 0 aromatic heterocycles. The predicted octanol–water partition coefficient (Wildman–Crippen LogP) is 2.23. The maximum atomic E-state index is 7.62. The molecule has 0 heterocycles. The second kappa shape index (κ2) is 10.3. The lowest BCUT2D eigenvalue weighted by Crippen LogP contribution is -1.72. The van der Waals surface area contributed by atoms with Crippen molar-refractivity contribution in [3.8, 4) is 6.07 Å². The lowest BCUT2D eigenvalue weighted by molar-refractivity contribution is 1.22. The van der Waals surface area contributed by atoms with Crippen LogP contribution in [0.2, 0.25) is 6.55 Å². The van der Waals surface area contributed by atoms with Gasteiger partial charge in [-0.1, -0.05) is 6.92 Å². The third kappa shape index (κ3) is 106. The van der Waals surface area contributed by atoms with Crippen LogP contribution >= 0.6 is 22.2 Å². The number of halogens is 2. The quantitative estimate of drug-likeness (QED) is 0.404. The normalized spacial score (nSPS) is 7.00. The third-order valence-corrected chi connectivity index (χ3v) is 0.158. The van der Waals surface area contributed by atoms with Crippen molar-refractivity contribution in [2.75, 3.05) is 0 Å². The predicted molar refractivity (Wildman–Crippen MR) is 40.6 cm³/mol. The first-order valence-corrected chi connectivity index (χ1v) is 6.94. The van der Waals surface area contributed by atoms with Crippen LogP contribution in [0.4, 0.5) is 0 Å². The fourth-order valence-electron chi connectivity index (χ4n) is 0. The van der Waals surface area contributed by atoms with Gasteiger partial charge < -0.3 is 0 Å². The third-order valence-electron chi connectivity index (χ3n) is 0.158. The highest BCUT2D eigenvalue weighted by molar-refractivity contribution is 7.33. The first-order valence-electron chi connectivity index (χ1n) is 2.30. The molecule has 0 aliphatic rings. The highest BCUT2D eigenvalue weighted by Crippen LogP contribution is 1.89. The zero-order valence-electron chi connectivity index (χ0n) is 4.99. The molecule has 0 rings (SSSR count). The standard InChI is InChI=1S/C3H5N.CH4Cl2Si/c1-2-3-4;1-4(2)3/h2H2,1H3;4H,1H3. The summed E-state index contributed by atoms with van der Waals surface area (Å²) in [6, 6.07) is 1.93. The second-order valence-corrected chi connectivity index (χ2v) is 6.67. The Balaban J connectivity index is 0. The van der Waals surface area contributed by atoms with Crippen molar-refractivity contribution < 1.29 is 0 Å². The van der Waals surface area contributed by atoms with Gasteiger partial charge in [-0.15, -0.1) is 0 Å². The number of hydrogen-bond acceptors (Lipinski definition) is 1. The zero-order chi connectivity index (χ0) is 6.99. The van der Waals surface area contributed by atoms with Crippen LogP contribution in [0.5, 0.6) is 0 Å². The second-order valence-electron chi connectivity index (χ2n) is 1.03. The molecule has 0 unspecified atom stereocenters. The van der Waals surface area contributed by atoms with Crippen molar-refractivity contribution in [3.05, 3.63) is 0 Å². The molecular formula is C4H9Cl2NSi. The summed E-state index contributed by atoms with van der Waals surface area (Å²) < 4.78 is 0. The van der Waals surface area contributed by atoms with Crippen molar-refractivity contribution in [2.45, 2.75) is 19.9 Å². The van der Waals surface area contributed by atoms with Crippen LogP contribution < -0.4 is 0 Å². The Morgan fingerprint density at radius 1 is 1.62 bits per heavy atom. The first kappa shape index (κ1) is 11.1. The average Bonchev–Trinajstić information content (AvgIpc) is 1.65. The molecule has 0 N–H and O–H groups in total. The summed E-state index contributed by atoms with van der Waals surface area (Å²) in [5, 5.41) is 7.62. The monoisotopic (exact) mass is 169 g/mol. The number of hydrogen-bond donors (Lipinski definition) is 0. The van der Waals surface area contributed by atoms with E-state index in [0.717, 1.165) is 0 Å². The molecule has 0 fully saturated rings. The molecule has 0 aromatic rings. The number of nitrogens with zero attached hydrogens (tertiary/aromatic N) is 1. The van der Waals surface area contributed by atoms with E-state index in [-0.39, 0.29) is 0 Å². The van der Waals surface area contributed by atoms with E-state index in [0.29, 0.717) is 6.42 Å². The Labute approximate surface area is 61.2 Å². The van der Waals surface area contributed by atoms with E-state index >= 15 is 0 Å². The fourth-order valence-corrected chi connectivity index (χ4v) is 0. The SMILES string of the molecule is CCC#N.C[SiH](Cl)Cl. The van der Waals surface area contributed by atoms with Gasteiger partial charge in [-0.05, 0) is 6.55 Å². The van der Waals surface area contributed by atoms with Crippen molar-refractivity contribution in [2.24, 2.45) is 0 Å². The summed E-state index contributed by atoms with van der Waals surface area (Å²) >= 11 is 10.4. The van der Waals surface area contributed by atoms with Gasteiger partial charge in [0.1, 0.15) is 0 Å². The molecule has 0 aliphatic carbocycles. The maximum Gasteiger partial charge on any atom is 0.234 e. The Morgan fingerprint density at radius 2 is 1.75 bits per heavy atom. The van der Waals surface area contributed by atoms with Gasteiger partial charge in [0.05, 0.1) is 6.07 Å².